The molecule has 1 saturated heterocycles. The molecule has 1 atom stereocenters. The minimum atomic E-state index is -1.15. The lowest BCUT2D eigenvalue weighted by Gasteiger charge is -2.16. The highest BCUT2D eigenvalue weighted by molar-refractivity contribution is 6.01. The van der Waals surface area contributed by atoms with E-state index in [1.807, 2.05) is 0 Å². The minimum absolute atomic E-state index is 0.00639. The van der Waals surface area contributed by atoms with Gasteiger partial charge in [-0.3, -0.25) is 19.2 Å². The van der Waals surface area contributed by atoms with Crippen LogP contribution in [0.3, 0.4) is 0 Å². The first kappa shape index (κ1) is 26.3. The molecule has 33 heavy (non-hydrogen) atoms. The third-order valence-electron chi connectivity index (χ3n) is 4.95. The first-order chi connectivity index (χ1) is 15.9. The van der Waals surface area contributed by atoms with Crippen LogP contribution < -0.4 is 4.74 Å². The maximum Gasteiger partial charge on any atom is 0.534 e. The van der Waals surface area contributed by atoms with E-state index < -0.39 is 18.0 Å². The Kier molecular flexibility index (Phi) is 11.3. The number of carbonyl (C=O) groups excluding carboxylic acids is 4. The smallest absolute Gasteiger partial charge is 0.428 e. The van der Waals surface area contributed by atoms with Crippen molar-refractivity contribution in [3.63, 3.8) is 0 Å². The maximum absolute atomic E-state index is 12.6. The van der Waals surface area contributed by atoms with E-state index in [4.69, 9.17) is 18.9 Å². The Labute approximate surface area is 193 Å². The van der Waals surface area contributed by atoms with Gasteiger partial charge in [0, 0.05) is 26.6 Å². The first-order valence-electron chi connectivity index (χ1n) is 11.0. The molecule has 0 bridgehead atoms. The number of imide groups is 1. The van der Waals surface area contributed by atoms with E-state index >= 15 is 0 Å². The van der Waals surface area contributed by atoms with Gasteiger partial charge in [-0.2, -0.15) is 0 Å². The van der Waals surface area contributed by atoms with Crippen molar-refractivity contribution in [3.05, 3.63) is 29.8 Å². The molecule has 0 N–H and O–H groups in total. The SMILES string of the molecule is CCCCC(CCOCCOC)C(=O)Oc1ccc(COC(=O)ON2C(=O)CCC2=O)cc1. The number of ether oxygens (including phenoxy) is 4. The summed E-state index contributed by atoms with van der Waals surface area (Å²) < 4.78 is 20.8. The number of esters is 1. The van der Waals surface area contributed by atoms with Crippen molar-refractivity contribution in [2.75, 3.05) is 26.9 Å². The lowest BCUT2D eigenvalue weighted by atomic mass is 9.99. The molecule has 2 amide bonds. The van der Waals surface area contributed by atoms with Crippen LogP contribution in [0.25, 0.3) is 0 Å². The van der Waals surface area contributed by atoms with Crippen LogP contribution in [0.5, 0.6) is 5.75 Å². The topological polar surface area (TPSA) is 118 Å². The summed E-state index contributed by atoms with van der Waals surface area (Å²) in [6.07, 6.45) is 2.04. The molecule has 0 radical (unpaired) electrons. The Morgan fingerprint density at radius 1 is 1.00 bits per heavy atom. The van der Waals surface area contributed by atoms with Crippen LogP contribution in [0.4, 0.5) is 4.79 Å². The molecule has 0 spiro atoms. The molecule has 1 aromatic carbocycles. The van der Waals surface area contributed by atoms with E-state index in [1.54, 1.807) is 31.4 Å². The standard InChI is InChI=1S/C23H31NO9/c1-3-4-5-18(12-13-30-15-14-29-2)22(27)32-19-8-6-17(7-9-19)16-31-23(28)33-24-20(25)10-11-21(24)26/h6-9,18H,3-5,10-16H2,1-2H3. The number of hydroxylamine groups is 2. The van der Waals surface area contributed by atoms with Gasteiger partial charge in [0.1, 0.15) is 12.4 Å². The Morgan fingerprint density at radius 3 is 2.33 bits per heavy atom. The minimum Gasteiger partial charge on any atom is -0.428 e. The Bertz CT molecular complexity index is 778. The molecule has 1 fully saturated rings. The second-order valence-electron chi connectivity index (χ2n) is 7.51. The summed E-state index contributed by atoms with van der Waals surface area (Å²) in [6.45, 7) is 3.37. The van der Waals surface area contributed by atoms with Crippen LogP contribution >= 0.6 is 0 Å². The first-order valence-corrected chi connectivity index (χ1v) is 11.0. The van der Waals surface area contributed by atoms with Crippen LogP contribution in [0.1, 0.15) is 51.0 Å². The van der Waals surface area contributed by atoms with Crippen molar-refractivity contribution >= 4 is 23.9 Å². The van der Waals surface area contributed by atoms with Crippen molar-refractivity contribution in [2.45, 2.75) is 52.1 Å². The van der Waals surface area contributed by atoms with Gasteiger partial charge < -0.3 is 18.9 Å². The average molecular weight is 465 g/mol. The molecule has 1 aromatic rings. The molecule has 10 heteroatoms. The second kappa shape index (κ2) is 14.2. The summed E-state index contributed by atoms with van der Waals surface area (Å²) in [5.74, 6) is -1.36. The fraction of sp³-hybridized carbons (Fsp3) is 0.565. The van der Waals surface area contributed by atoms with E-state index in [0.29, 0.717) is 42.6 Å². The van der Waals surface area contributed by atoms with E-state index in [1.165, 1.54) is 0 Å². The molecular formula is C23H31NO9. The summed E-state index contributed by atoms with van der Waals surface area (Å²) >= 11 is 0. The molecule has 1 aliphatic rings. The van der Waals surface area contributed by atoms with Gasteiger partial charge in [0.2, 0.25) is 0 Å². The zero-order valence-electron chi connectivity index (χ0n) is 19.1. The quantitative estimate of drug-likeness (QED) is 0.177. The van der Waals surface area contributed by atoms with E-state index in [2.05, 4.69) is 11.8 Å². The summed E-state index contributed by atoms with van der Waals surface area (Å²) in [4.78, 5) is 51.8. The Hall–Kier alpha value is -2.98. The number of hydrogen-bond donors (Lipinski definition) is 0. The molecule has 0 saturated carbocycles. The molecule has 10 nitrogen and oxygen atoms in total. The number of methoxy groups -OCH3 is 1. The summed E-state index contributed by atoms with van der Waals surface area (Å²) in [7, 11) is 1.60. The number of hydrogen-bond acceptors (Lipinski definition) is 9. The van der Waals surface area contributed by atoms with Crippen molar-refractivity contribution in [1.29, 1.82) is 0 Å². The molecule has 1 unspecified atom stereocenters. The van der Waals surface area contributed by atoms with Gasteiger partial charge >= 0.3 is 12.1 Å². The fourth-order valence-electron chi connectivity index (χ4n) is 3.05. The summed E-state index contributed by atoms with van der Waals surface area (Å²) in [6, 6.07) is 6.47. The number of unbranched alkanes of at least 4 members (excludes halogenated alkanes) is 1. The highest BCUT2D eigenvalue weighted by atomic mass is 16.8. The van der Waals surface area contributed by atoms with Crippen molar-refractivity contribution in [3.8, 4) is 5.75 Å². The number of benzene rings is 1. The number of rotatable bonds is 14. The number of amides is 2. The third-order valence-corrected chi connectivity index (χ3v) is 4.95. The van der Waals surface area contributed by atoms with E-state index in [-0.39, 0.29) is 31.3 Å². The molecule has 0 aliphatic carbocycles. The molecule has 1 heterocycles. The monoisotopic (exact) mass is 465 g/mol. The summed E-state index contributed by atoms with van der Waals surface area (Å²) in [5, 5.41) is 0.419. The van der Waals surface area contributed by atoms with Crippen LogP contribution in [-0.2, 0) is 40.0 Å². The van der Waals surface area contributed by atoms with E-state index in [0.717, 1.165) is 19.3 Å². The molecule has 182 valence electrons. The highest BCUT2D eigenvalue weighted by Gasteiger charge is 2.33. The lowest BCUT2D eigenvalue weighted by Crippen LogP contribution is -2.32. The molecule has 1 aliphatic heterocycles. The number of nitrogens with zero attached hydrogens (tertiary/aromatic N) is 1. The van der Waals surface area contributed by atoms with Crippen molar-refractivity contribution in [2.24, 2.45) is 5.92 Å². The maximum atomic E-state index is 12.6. The van der Waals surface area contributed by atoms with Gasteiger partial charge in [0.05, 0.1) is 19.1 Å². The van der Waals surface area contributed by atoms with Crippen LogP contribution in [0.15, 0.2) is 24.3 Å². The fourth-order valence-corrected chi connectivity index (χ4v) is 3.05. The van der Waals surface area contributed by atoms with Crippen LogP contribution in [0.2, 0.25) is 0 Å². The zero-order chi connectivity index (χ0) is 24.1. The van der Waals surface area contributed by atoms with Gasteiger partial charge in [-0.1, -0.05) is 37.0 Å². The van der Waals surface area contributed by atoms with Gasteiger partial charge in [0.15, 0.2) is 0 Å². The van der Waals surface area contributed by atoms with Crippen LogP contribution in [-0.4, -0.2) is 55.9 Å². The predicted molar refractivity (Wildman–Crippen MR) is 115 cm³/mol. The zero-order valence-corrected chi connectivity index (χ0v) is 19.1. The van der Waals surface area contributed by atoms with Gasteiger partial charge in [-0.05, 0) is 30.5 Å². The number of carbonyl (C=O) groups is 4. The predicted octanol–water partition coefficient (Wildman–Crippen LogP) is 3.17. The molecule has 2 rings (SSSR count). The van der Waals surface area contributed by atoms with Gasteiger partial charge in [-0.25, -0.2) is 4.79 Å². The molecular weight excluding hydrogens is 434 g/mol. The van der Waals surface area contributed by atoms with Gasteiger partial charge in [0.25, 0.3) is 11.8 Å². The normalized spacial score (nSPS) is 14.3. The van der Waals surface area contributed by atoms with Crippen molar-refractivity contribution < 1.29 is 43.0 Å². The third kappa shape index (κ3) is 9.19. The van der Waals surface area contributed by atoms with E-state index in [9.17, 15) is 19.2 Å². The van der Waals surface area contributed by atoms with Crippen molar-refractivity contribution in [1.82, 2.24) is 5.06 Å². The average Bonchev–Trinajstić information content (AvgIpc) is 3.12. The lowest BCUT2D eigenvalue weighted by molar-refractivity contribution is -0.177. The Balaban J connectivity index is 1.79. The molecule has 0 aromatic heterocycles. The van der Waals surface area contributed by atoms with Gasteiger partial charge in [-0.15, -0.1) is 0 Å². The second-order valence-corrected chi connectivity index (χ2v) is 7.51. The highest BCUT2D eigenvalue weighted by Crippen LogP contribution is 2.20. The summed E-state index contributed by atoms with van der Waals surface area (Å²) in [5.41, 5.74) is 0.611. The Morgan fingerprint density at radius 2 is 1.70 bits per heavy atom. The van der Waals surface area contributed by atoms with Crippen LogP contribution in [0, 0.1) is 5.92 Å². The largest absolute Gasteiger partial charge is 0.534 e.